The number of hydrogen-bond acceptors (Lipinski definition) is 3. The number of carbonyl (C=O) groups excluding carboxylic acids is 2. The fraction of sp³-hybridized carbons (Fsp3) is 0.556. The predicted molar refractivity (Wildman–Crippen MR) is 97.6 cm³/mol. The van der Waals surface area contributed by atoms with E-state index in [2.05, 4.69) is 11.4 Å². The van der Waals surface area contributed by atoms with Crippen LogP contribution in [0, 0.1) is 0 Å². The number of amides is 2. The normalized spacial score (nSPS) is 20.9. The van der Waals surface area contributed by atoms with E-state index in [9.17, 15) is 9.59 Å². The van der Waals surface area contributed by atoms with Crippen LogP contribution in [0.1, 0.15) is 31.2 Å². The molecule has 2 aliphatic heterocycles. The van der Waals surface area contributed by atoms with E-state index in [0.717, 1.165) is 50.0 Å². The van der Waals surface area contributed by atoms with Gasteiger partial charge in [-0.15, -0.1) is 12.4 Å². The van der Waals surface area contributed by atoms with Gasteiger partial charge in [0, 0.05) is 31.2 Å². The second kappa shape index (κ2) is 8.49. The first-order valence-corrected chi connectivity index (χ1v) is 8.52. The zero-order valence-electron chi connectivity index (χ0n) is 14.2. The lowest BCUT2D eigenvalue weighted by Crippen LogP contribution is -2.50. The molecule has 2 heterocycles. The Morgan fingerprint density at radius 2 is 2.04 bits per heavy atom. The number of nitrogens with zero attached hydrogens (tertiary/aromatic N) is 2. The number of halogens is 1. The number of carbonyl (C=O) groups is 2. The Kier molecular flexibility index (Phi) is 6.63. The summed E-state index contributed by atoms with van der Waals surface area (Å²) < 4.78 is 0. The van der Waals surface area contributed by atoms with E-state index in [4.69, 9.17) is 0 Å². The van der Waals surface area contributed by atoms with Crippen LogP contribution in [0.25, 0.3) is 0 Å². The zero-order chi connectivity index (χ0) is 16.2. The highest BCUT2D eigenvalue weighted by Crippen LogP contribution is 2.26. The van der Waals surface area contributed by atoms with Crippen LogP contribution in [0.5, 0.6) is 0 Å². The van der Waals surface area contributed by atoms with Crippen molar-refractivity contribution in [1.29, 1.82) is 0 Å². The minimum atomic E-state index is 0. The number of benzene rings is 1. The molecule has 0 radical (unpaired) electrons. The van der Waals surface area contributed by atoms with Gasteiger partial charge >= 0.3 is 0 Å². The number of para-hydroxylation sites is 1. The largest absolute Gasteiger partial charge is 0.340 e. The number of fused-ring (bicyclic) bond motifs is 1. The number of likely N-dealkylation sites (tertiary alicyclic amines) is 1. The number of likely N-dealkylation sites (N-methyl/N-ethyl adjacent to an activating group) is 1. The molecule has 1 fully saturated rings. The van der Waals surface area contributed by atoms with Gasteiger partial charge in [0.05, 0.1) is 0 Å². The molecule has 2 amide bonds. The van der Waals surface area contributed by atoms with Gasteiger partial charge in [0.1, 0.15) is 6.54 Å². The molecule has 5 nitrogen and oxygen atoms in total. The lowest BCUT2D eigenvalue weighted by molar-refractivity contribution is -0.132. The zero-order valence-corrected chi connectivity index (χ0v) is 15.0. The minimum Gasteiger partial charge on any atom is -0.340 e. The van der Waals surface area contributed by atoms with E-state index in [0.29, 0.717) is 12.5 Å². The Hall–Kier alpha value is -1.59. The van der Waals surface area contributed by atoms with Crippen LogP contribution < -0.4 is 10.2 Å². The van der Waals surface area contributed by atoms with Gasteiger partial charge < -0.3 is 15.1 Å². The monoisotopic (exact) mass is 351 g/mol. The molecule has 3 rings (SSSR count). The van der Waals surface area contributed by atoms with Gasteiger partial charge in [0.2, 0.25) is 11.8 Å². The molecule has 1 aromatic rings. The highest BCUT2D eigenvalue weighted by atomic mass is 35.5. The summed E-state index contributed by atoms with van der Waals surface area (Å²) >= 11 is 0. The van der Waals surface area contributed by atoms with E-state index in [1.165, 1.54) is 0 Å². The molecular weight excluding hydrogens is 326 g/mol. The predicted octanol–water partition coefficient (Wildman–Crippen LogP) is 1.99. The van der Waals surface area contributed by atoms with Crippen molar-refractivity contribution in [3.63, 3.8) is 0 Å². The molecule has 1 atom stereocenters. The molecule has 0 bridgehead atoms. The molecule has 1 unspecified atom stereocenters. The molecule has 24 heavy (non-hydrogen) atoms. The average Bonchev–Trinajstić information content (AvgIpc) is 2.74. The first kappa shape index (κ1) is 18.7. The third kappa shape index (κ3) is 4.08. The average molecular weight is 352 g/mol. The van der Waals surface area contributed by atoms with Crippen LogP contribution in [0.2, 0.25) is 0 Å². The molecule has 1 N–H and O–H groups in total. The summed E-state index contributed by atoms with van der Waals surface area (Å²) in [7, 11) is 1.94. The van der Waals surface area contributed by atoms with Crippen LogP contribution in [0.15, 0.2) is 24.3 Å². The Morgan fingerprint density at radius 1 is 1.25 bits per heavy atom. The van der Waals surface area contributed by atoms with Gasteiger partial charge in [-0.3, -0.25) is 9.59 Å². The van der Waals surface area contributed by atoms with Gasteiger partial charge in [0.25, 0.3) is 0 Å². The highest BCUT2D eigenvalue weighted by molar-refractivity contribution is 5.99. The van der Waals surface area contributed by atoms with Crippen LogP contribution in [-0.4, -0.2) is 49.4 Å². The summed E-state index contributed by atoms with van der Waals surface area (Å²) in [5.74, 6) is 0.112. The van der Waals surface area contributed by atoms with Crippen molar-refractivity contribution in [2.75, 3.05) is 31.6 Å². The maximum absolute atomic E-state index is 12.7. The maximum atomic E-state index is 12.7. The van der Waals surface area contributed by atoms with E-state index < -0.39 is 0 Å². The molecular formula is C18H26ClN3O2. The smallest absolute Gasteiger partial charge is 0.242 e. The molecule has 2 aliphatic rings. The van der Waals surface area contributed by atoms with Crippen molar-refractivity contribution in [3.05, 3.63) is 29.8 Å². The molecule has 1 saturated heterocycles. The van der Waals surface area contributed by atoms with E-state index in [1.54, 1.807) is 4.90 Å². The molecule has 0 aliphatic carbocycles. The van der Waals surface area contributed by atoms with E-state index >= 15 is 0 Å². The molecule has 0 aromatic heterocycles. The summed E-state index contributed by atoms with van der Waals surface area (Å²) in [6.45, 7) is 1.69. The second-order valence-corrected chi connectivity index (χ2v) is 6.43. The van der Waals surface area contributed by atoms with Crippen molar-refractivity contribution in [2.24, 2.45) is 0 Å². The number of anilines is 1. The van der Waals surface area contributed by atoms with Gasteiger partial charge in [-0.05, 0) is 44.4 Å². The summed E-state index contributed by atoms with van der Waals surface area (Å²) in [6, 6.07) is 8.31. The van der Waals surface area contributed by atoms with Gasteiger partial charge in [-0.2, -0.15) is 0 Å². The van der Waals surface area contributed by atoms with Crippen molar-refractivity contribution >= 4 is 29.9 Å². The first-order valence-electron chi connectivity index (χ1n) is 8.52. The Bertz CT molecular complexity index is 593. The van der Waals surface area contributed by atoms with Crippen LogP contribution in [0.4, 0.5) is 5.69 Å². The Labute approximate surface area is 149 Å². The van der Waals surface area contributed by atoms with Crippen LogP contribution >= 0.6 is 12.4 Å². The van der Waals surface area contributed by atoms with Crippen molar-refractivity contribution < 1.29 is 9.59 Å². The molecule has 0 saturated carbocycles. The van der Waals surface area contributed by atoms with E-state index in [1.807, 2.05) is 30.1 Å². The van der Waals surface area contributed by atoms with E-state index in [-0.39, 0.29) is 30.8 Å². The number of hydrogen-bond donors (Lipinski definition) is 1. The standard InChI is InChI=1S/C18H25N3O2.ClH/c1-19-15-8-5-11-20(12-15)18(23)13-21-16-9-3-2-6-14(16)7-4-10-17(21)22;/h2-3,6,9,15,19H,4-5,7-8,10-13H2,1H3;1H. The Balaban J connectivity index is 0.00000208. The summed E-state index contributed by atoms with van der Waals surface area (Å²) in [6.07, 6.45) is 4.39. The Morgan fingerprint density at radius 3 is 2.83 bits per heavy atom. The molecule has 0 spiro atoms. The number of aryl methyl sites for hydroxylation is 1. The highest BCUT2D eigenvalue weighted by Gasteiger charge is 2.28. The number of rotatable bonds is 3. The lowest BCUT2D eigenvalue weighted by Gasteiger charge is -2.34. The molecule has 1 aromatic carbocycles. The lowest BCUT2D eigenvalue weighted by atomic mass is 10.1. The number of nitrogens with one attached hydrogen (secondary N) is 1. The van der Waals surface area contributed by atoms with Crippen molar-refractivity contribution in [1.82, 2.24) is 10.2 Å². The summed E-state index contributed by atoms with van der Waals surface area (Å²) in [5.41, 5.74) is 2.07. The van der Waals surface area contributed by atoms with Crippen molar-refractivity contribution in [3.8, 4) is 0 Å². The topological polar surface area (TPSA) is 52.7 Å². The molecule has 6 heteroatoms. The fourth-order valence-corrected chi connectivity index (χ4v) is 3.53. The van der Waals surface area contributed by atoms with Gasteiger partial charge in [-0.25, -0.2) is 0 Å². The third-order valence-corrected chi connectivity index (χ3v) is 4.90. The van der Waals surface area contributed by atoms with Crippen molar-refractivity contribution in [2.45, 2.75) is 38.1 Å². The van der Waals surface area contributed by atoms with Crippen LogP contribution in [-0.2, 0) is 16.0 Å². The van der Waals surface area contributed by atoms with Gasteiger partial charge in [-0.1, -0.05) is 18.2 Å². The second-order valence-electron chi connectivity index (χ2n) is 6.43. The minimum absolute atomic E-state index is 0. The quantitative estimate of drug-likeness (QED) is 0.906. The van der Waals surface area contributed by atoms with Crippen LogP contribution in [0.3, 0.4) is 0 Å². The molecule has 132 valence electrons. The summed E-state index contributed by atoms with van der Waals surface area (Å²) in [5, 5.41) is 3.25. The summed E-state index contributed by atoms with van der Waals surface area (Å²) in [4.78, 5) is 28.7. The first-order chi connectivity index (χ1) is 11.2. The maximum Gasteiger partial charge on any atom is 0.242 e. The third-order valence-electron chi connectivity index (χ3n) is 4.90. The fourth-order valence-electron chi connectivity index (χ4n) is 3.53. The SMILES string of the molecule is CNC1CCCN(C(=O)CN2C(=O)CCCc3ccccc32)C1.Cl. The number of piperidine rings is 1. The van der Waals surface area contributed by atoms with Gasteiger partial charge in [0.15, 0.2) is 0 Å².